The summed E-state index contributed by atoms with van der Waals surface area (Å²) < 4.78 is 5.00. The Hall–Kier alpha value is -2.75. The van der Waals surface area contributed by atoms with Crippen LogP contribution in [0, 0.1) is 0 Å². The predicted octanol–water partition coefficient (Wildman–Crippen LogP) is 3.18. The fourth-order valence-corrected chi connectivity index (χ4v) is 1.68. The molecule has 4 nitrogen and oxygen atoms in total. The number of benzene rings is 2. The summed E-state index contributed by atoms with van der Waals surface area (Å²) in [5.41, 5.74) is 1.00. The molecule has 0 fully saturated rings. The molecule has 0 heterocycles. The van der Waals surface area contributed by atoms with Crippen LogP contribution >= 0.6 is 0 Å². The zero-order chi connectivity index (χ0) is 14.5. The molecule has 0 bridgehead atoms. The minimum atomic E-state index is -0.472. The maximum atomic E-state index is 12.0. The lowest BCUT2D eigenvalue weighted by Crippen LogP contribution is -2.02. The monoisotopic (exact) mass is 270 g/mol. The van der Waals surface area contributed by atoms with Crippen molar-refractivity contribution in [3.63, 3.8) is 0 Å². The van der Waals surface area contributed by atoms with E-state index in [-0.39, 0.29) is 11.5 Å². The van der Waals surface area contributed by atoms with Gasteiger partial charge < -0.3 is 14.9 Å². The van der Waals surface area contributed by atoms with Crippen molar-refractivity contribution in [2.75, 3.05) is 7.11 Å². The van der Waals surface area contributed by atoms with E-state index in [4.69, 9.17) is 9.84 Å². The molecule has 0 aliphatic carbocycles. The Balaban J connectivity index is 2.20. The molecular formula is C16H14O4. The average molecular weight is 270 g/mol. The summed E-state index contributed by atoms with van der Waals surface area (Å²) in [7, 11) is 1.54. The molecule has 20 heavy (non-hydrogen) atoms. The molecule has 0 radical (unpaired) electrons. The molecule has 2 N–H and O–H groups in total. The largest absolute Gasteiger partial charge is 0.508 e. The van der Waals surface area contributed by atoms with Gasteiger partial charge in [0.25, 0.3) is 0 Å². The number of aromatic hydroxyl groups is 1. The van der Waals surface area contributed by atoms with E-state index in [9.17, 15) is 9.90 Å². The highest BCUT2D eigenvalue weighted by Crippen LogP contribution is 2.16. The third kappa shape index (κ3) is 3.17. The summed E-state index contributed by atoms with van der Waals surface area (Å²) in [4.78, 5) is 12.0. The third-order valence-corrected chi connectivity index (χ3v) is 2.78. The lowest BCUT2D eigenvalue weighted by molar-refractivity contribution is 0.0980. The van der Waals surface area contributed by atoms with Crippen LogP contribution in [-0.4, -0.2) is 23.1 Å². The van der Waals surface area contributed by atoms with Crippen molar-refractivity contribution >= 4 is 11.9 Å². The molecule has 0 saturated heterocycles. The first-order valence-electron chi connectivity index (χ1n) is 5.98. The van der Waals surface area contributed by atoms with Crippen molar-refractivity contribution < 1.29 is 19.7 Å². The van der Waals surface area contributed by atoms with Gasteiger partial charge in [-0.05, 0) is 48.0 Å². The van der Waals surface area contributed by atoms with Crippen molar-refractivity contribution in [3.8, 4) is 11.5 Å². The van der Waals surface area contributed by atoms with Crippen molar-refractivity contribution in [1.29, 1.82) is 0 Å². The second kappa shape index (κ2) is 5.93. The smallest absolute Gasteiger partial charge is 0.227 e. The Kier molecular flexibility index (Phi) is 4.05. The molecule has 102 valence electrons. The molecule has 0 aromatic heterocycles. The van der Waals surface area contributed by atoms with Gasteiger partial charge in [-0.1, -0.05) is 12.1 Å². The van der Waals surface area contributed by atoms with E-state index in [0.717, 1.165) is 0 Å². The number of allylic oxidation sites excluding steroid dienone is 1. The first kappa shape index (κ1) is 13.7. The average Bonchev–Trinajstić information content (AvgIpc) is 2.49. The Morgan fingerprint density at radius 1 is 1.05 bits per heavy atom. The minimum absolute atomic E-state index is 0.128. The highest BCUT2D eigenvalue weighted by molar-refractivity contribution is 6.09. The van der Waals surface area contributed by atoms with Crippen LogP contribution in [0.15, 0.2) is 54.3 Å². The lowest BCUT2D eigenvalue weighted by Gasteiger charge is -2.03. The summed E-state index contributed by atoms with van der Waals surface area (Å²) in [6.45, 7) is 0. The quantitative estimate of drug-likeness (QED) is 0.508. The van der Waals surface area contributed by atoms with Crippen molar-refractivity contribution in [3.05, 3.63) is 65.4 Å². The molecular weight excluding hydrogens is 256 g/mol. The zero-order valence-corrected chi connectivity index (χ0v) is 10.9. The zero-order valence-electron chi connectivity index (χ0n) is 10.9. The van der Waals surface area contributed by atoms with E-state index >= 15 is 0 Å². The Morgan fingerprint density at radius 3 is 2.20 bits per heavy atom. The number of aliphatic hydroxyl groups is 1. The predicted molar refractivity (Wildman–Crippen MR) is 76.0 cm³/mol. The van der Waals surface area contributed by atoms with Gasteiger partial charge in [0.2, 0.25) is 5.78 Å². The lowest BCUT2D eigenvalue weighted by atomic mass is 10.1. The number of aliphatic hydroxyl groups excluding tert-OH is 1. The Labute approximate surface area is 116 Å². The van der Waals surface area contributed by atoms with Gasteiger partial charge in [0, 0.05) is 5.56 Å². The topological polar surface area (TPSA) is 66.8 Å². The molecule has 0 unspecified atom stereocenters. The van der Waals surface area contributed by atoms with Crippen molar-refractivity contribution in [2.24, 2.45) is 0 Å². The highest BCUT2D eigenvalue weighted by atomic mass is 16.5. The molecule has 0 atom stereocenters. The summed E-state index contributed by atoms with van der Waals surface area (Å²) in [5.74, 6) is -0.0618. The second-order valence-corrected chi connectivity index (χ2v) is 4.18. The molecule has 0 spiro atoms. The number of phenols is 1. The Morgan fingerprint density at radius 2 is 1.65 bits per heavy atom. The van der Waals surface area contributed by atoms with Crippen LogP contribution in [0.3, 0.4) is 0 Å². The SMILES string of the molecule is COc1ccc(C(=O)/C(O)=C/c2ccc(O)cc2)cc1. The van der Waals surface area contributed by atoms with Gasteiger partial charge in [0.1, 0.15) is 11.5 Å². The summed E-state index contributed by atoms with van der Waals surface area (Å²) >= 11 is 0. The van der Waals surface area contributed by atoms with Gasteiger partial charge in [0.05, 0.1) is 7.11 Å². The number of ether oxygens (including phenoxy) is 1. The highest BCUT2D eigenvalue weighted by Gasteiger charge is 2.11. The maximum Gasteiger partial charge on any atom is 0.227 e. The van der Waals surface area contributed by atoms with E-state index in [1.165, 1.54) is 18.2 Å². The first-order valence-corrected chi connectivity index (χ1v) is 5.98. The van der Waals surface area contributed by atoms with Gasteiger partial charge in [-0.2, -0.15) is 0 Å². The molecule has 0 amide bonds. The minimum Gasteiger partial charge on any atom is -0.508 e. The molecule has 0 aliphatic heterocycles. The van der Waals surface area contributed by atoms with Crippen molar-refractivity contribution in [1.82, 2.24) is 0 Å². The summed E-state index contributed by atoms with van der Waals surface area (Å²) in [6.07, 6.45) is 1.35. The van der Waals surface area contributed by atoms with E-state index in [2.05, 4.69) is 0 Å². The van der Waals surface area contributed by atoms with Crippen LogP contribution in [0.1, 0.15) is 15.9 Å². The van der Waals surface area contributed by atoms with Crippen LogP contribution in [0.25, 0.3) is 6.08 Å². The number of ketones is 1. The van der Waals surface area contributed by atoms with Crippen LogP contribution in [0.5, 0.6) is 11.5 Å². The van der Waals surface area contributed by atoms with E-state index < -0.39 is 5.78 Å². The number of carbonyl (C=O) groups is 1. The molecule has 0 saturated carbocycles. The van der Waals surface area contributed by atoms with Gasteiger partial charge in [-0.25, -0.2) is 0 Å². The van der Waals surface area contributed by atoms with E-state index in [0.29, 0.717) is 16.9 Å². The number of rotatable bonds is 4. The molecule has 0 aliphatic rings. The van der Waals surface area contributed by atoms with Crippen LogP contribution in [-0.2, 0) is 0 Å². The molecule has 2 aromatic rings. The third-order valence-electron chi connectivity index (χ3n) is 2.78. The van der Waals surface area contributed by atoms with Crippen LogP contribution in [0.2, 0.25) is 0 Å². The second-order valence-electron chi connectivity index (χ2n) is 4.18. The van der Waals surface area contributed by atoms with Gasteiger partial charge in [0.15, 0.2) is 5.76 Å². The number of Topliss-reactive ketones (excluding diaryl/α,β-unsaturated/α-hetero) is 1. The molecule has 2 aromatic carbocycles. The first-order chi connectivity index (χ1) is 9.60. The standard InChI is InChI=1S/C16H14O4/c1-20-14-8-4-12(5-9-14)16(19)15(18)10-11-2-6-13(17)7-3-11/h2-10,17-18H,1H3/b15-10-. The van der Waals surface area contributed by atoms with Crippen LogP contribution in [0.4, 0.5) is 0 Å². The van der Waals surface area contributed by atoms with Gasteiger partial charge >= 0.3 is 0 Å². The maximum absolute atomic E-state index is 12.0. The summed E-state index contributed by atoms with van der Waals surface area (Å²) in [5, 5.41) is 19.0. The molecule has 2 rings (SSSR count). The van der Waals surface area contributed by atoms with Crippen LogP contribution < -0.4 is 4.74 Å². The number of carbonyl (C=O) groups excluding carboxylic acids is 1. The number of hydrogen-bond donors (Lipinski definition) is 2. The van der Waals surface area contributed by atoms with E-state index in [1.54, 1.807) is 43.5 Å². The summed E-state index contributed by atoms with van der Waals surface area (Å²) in [6, 6.07) is 12.7. The number of hydrogen-bond acceptors (Lipinski definition) is 4. The Bertz CT molecular complexity index is 625. The number of phenolic OH excluding ortho intramolecular Hbond substituents is 1. The molecule has 4 heteroatoms. The normalized spacial score (nSPS) is 11.2. The van der Waals surface area contributed by atoms with Gasteiger partial charge in [-0.3, -0.25) is 4.79 Å². The number of methoxy groups -OCH3 is 1. The van der Waals surface area contributed by atoms with E-state index in [1.807, 2.05) is 0 Å². The fraction of sp³-hybridized carbons (Fsp3) is 0.0625. The van der Waals surface area contributed by atoms with Crippen molar-refractivity contribution in [2.45, 2.75) is 0 Å². The fourth-order valence-electron chi connectivity index (χ4n) is 1.68. The van der Waals surface area contributed by atoms with Gasteiger partial charge in [-0.15, -0.1) is 0 Å².